The van der Waals surface area contributed by atoms with Gasteiger partial charge in [0.15, 0.2) is 0 Å². The number of hydrogen-bond donors (Lipinski definition) is 1. The summed E-state index contributed by atoms with van der Waals surface area (Å²) in [5, 5.41) is 8.22. The summed E-state index contributed by atoms with van der Waals surface area (Å²) in [4.78, 5) is 7.91. The zero-order valence-electron chi connectivity index (χ0n) is 12.6. The van der Waals surface area contributed by atoms with Gasteiger partial charge in [0.2, 0.25) is 0 Å². The van der Waals surface area contributed by atoms with Gasteiger partial charge in [-0.3, -0.25) is 9.67 Å². The highest BCUT2D eigenvalue weighted by molar-refractivity contribution is 5.94. The molecular formula is C16H15N5O. The van der Waals surface area contributed by atoms with E-state index in [2.05, 4.69) is 26.3 Å². The second-order valence-electron chi connectivity index (χ2n) is 5.42. The van der Waals surface area contributed by atoms with Gasteiger partial charge in [-0.1, -0.05) is 5.16 Å². The van der Waals surface area contributed by atoms with Crippen molar-refractivity contribution in [3.05, 3.63) is 42.3 Å². The highest BCUT2D eigenvalue weighted by atomic mass is 16.5. The van der Waals surface area contributed by atoms with Gasteiger partial charge in [-0.15, -0.1) is 0 Å². The number of rotatable bonds is 2. The van der Waals surface area contributed by atoms with E-state index in [4.69, 9.17) is 4.52 Å². The van der Waals surface area contributed by atoms with Gasteiger partial charge in [-0.2, -0.15) is 5.10 Å². The number of H-pyrrole nitrogens is 1. The monoisotopic (exact) mass is 293 g/mol. The Hall–Kier alpha value is -2.89. The largest absolute Gasteiger partial charge is 0.361 e. The Balaban J connectivity index is 1.87. The molecule has 6 heteroatoms. The molecule has 4 aromatic heterocycles. The van der Waals surface area contributed by atoms with Crippen LogP contribution in [-0.4, -0.2) is 24.9 Å². The molecule has 0 aliphatic rings. The standard InChI is InChI=1S/C16H15N5O/c1-9-15(10(2)22-20-9)11-4-14-16(18-5-11)13(7-17-14)12-6-19-21(3)8-12/h4-8,17H,1-3H3. The van der Waals surface area contributed by atoms with Gasteiger partial charge >= 0.3 is 0 Å². The van der Waals surface area contributed by atoms with Gasteiger partial charge < -0.3 is 9.51 Å². The zero-order chi connectivity index (χ0) is 15.3. The molecule has 0 bridgehead atoms. The summed E-state index contributed by atoms with van der Waals surface area (Å²) in [5.74, 6) is 0.803. The molecule has 0 atom stereocenters. The van der Waals surface area contributed by atoms with Crippen LogP contribution in [0.3, 0.4) is 0 Å². The Bertz CT molecular complexity index is 956. The minimum absolute atomic E-state index is 0.803. The summed E-state index contributed by atoms with van der Waals surface area (Å²) >= 11 is 0. The van der Waals surface area contributed by atoms with Crippen molar-refractivity contribution in [2.24, 2.45) is 7.05 Å². The first-order valence-electron chi connectivity index (χ1n) is 7.03. The molecule has 0 spiro atoms. The number of hydrogen-bond acceptors (Lipinski definition) is 4. The first-order chi connectivity index (χ1) is 10.6. The summed E-state index contributed by atoms with van der Waals surface area (Å²) in [5.41, 5.74) is 6.90. The van der Waals surface area contributed by atoms with Crippen LogP contribution in [0.2, 0.25) is 0 Å². The molecule has 6 nitrogen and oxygen atoms in total. The third kappa shape index (κ3) is 1.84. The number of aryl methyl sites for hydroxylation is 3. The molecule has 0 aliphatic heterocycles. The molecule has 4 aromatic rings. The average molecular weight is 293 g/mol. The molecule has 0 unspecified atom stereocenters. The minimum Gasteiger partial charge on any atom is -0.361 e. The van der Waals surface area contributed by atoms with E-state index in [1.807, 2.05) is 45.7 Å². The van der Waals surface area contributed by atoms with Gasteiger partial charge in [0.05, 0.1) is 22.9 Å². The third-order valence-corrected chi connectivity index (χ3v) is 3.85. The van der Waals surface area contributed by atoms with Crippen molar-refractivity contribution < 1.29 is 4.52 Å². The fourth-order valence-corrected chi connectivity index (χ4v) is 2.82. The van der Waals surface area contributed by atoms with Gasteiger partial charge in [-0.05, 0) is 19.9 Å². The second kappa shape index (κ2) is 4.56. The van der Waals surface area contributed by atoms with Crippen molar-refractivity contribution in [3.8, 4) is 22.3 Å². The molecule has 0 fully saturated rings. The molecule has 110 valence electrons. The van der Waals surface area contributed by atoms with Crippen molar-refractivity contribution in [2.45, 2.75) is 13.8 Å². The lowest BCUT2D eigenvalue weighted by Crippen LogP contribution is -1.85. The van der Waals surface area contributed by atoms with Crippen molar-refractivity contribution in [1.29, 1.82) is 0 Å². The fraction of sp³-hybridized carbons (Fsp3) is 0.188. The molecule has 0 saturated carbocycles. The number of pyridine rings is 1. The highest BCUT2D eigenvalue weighted by Gasteiger charge is 2.15. The number of aromatic amines is 1. The smallest absolute Gasteiger partial charge is 0.141 e. The minimum atomic E-state index is 0.803. The van der Waals surface area contributed by atoms with Crippen LogP contribution in [0, 0.1) is 13.8 Å². The molecule has 22 heavy (non-hydrogen) atoms. The van der Waals surface area contributed by atoms with Crippen LogP contribution < -0.4 is 0 Å². The van der Waals surface area contributed by atoms with Crippen LogP contribution in [0.15, 0.2) is 35.4 Å². The molecule has 0 aliphatic carbocycles. The van der Waals surface area contributed by atoms with Crippen LogP contribution in [0.5, 0.6) is 0 Å². The van der Waals surface area contributed by atoms with E-state index in [-0.39, 0.29) is 0 Å². The molecule has 1 N–H and O–H groups in total. The normalized spacial score (nSPS) is 11.4. The maximum absolute atomic E-state index is 5.24. The lowest BCUT2D eigenvalue weighted by Gasteiger charge is -2.01. The van der Waals surface area contributed by atoms with Gasteiger partial charge in [-0.25, -0.2) is 0 Å². The van der Waals surface area contributed by atoms with Crippen LogP contribution in [-0.2, 0) is 7.05 Å². The SMILES string of the molecule is Cc1noc(C)c1-c1cnc2c(-c3cnn(C)c3)c[nH]c2c1. The van der Waals surface area contributed by atoms with Crippen molar-refractivity contribution in [2.75, 3.05) is 0 Å². The lowest BCUT2D eigenvalue weighted by molar-refractivity contribution is 0.393. The number of nitrogens with zero attached hydrogens (tertiary/aromatic N) is 4. The van der Waals surface area contributed by atoms with Crippen molar-refractivity contribution >= 4 is 11.0 Å². The van der Waals surface area contributed by atoms with Crippen molar-refractivity contribution in [1.82, 2.24) is 24.9 Å². The van der Waals surface area contributed by atoms with E-state index in [9.17, 15) is 0 Å². The summed E-state index contributed by atoms with van der Waals surface area (Å²) in [6.07, 6.45) is 7.65. The van der Waals surface area contributed by atoms with Crippen LogP contribution in [0.25, 0.3) is 33.3 Å². The first-order valence-corrected chi connectivity index (χ1v) is 7.03. The van der Waals surface area contributed by atoms with E-state index < -0.39 is 0 Å². The van der Waals surface area contributed by atoms with Crippen molar-refractivity contribution in [3.63, 3.8) is 0 Å². The first kappa shape index (κ1) is 12.8. The predicted molar refractivity (Wildman–Crippen MR) is 83.3 cm³/mol. The predicted octanol–water partition coefficient (Wildman–Crippen LogP) is 3.24. The maximum Gasteiger partial charge on any atom is 0.141 e. The molecule has 0 aromatic carbocycles. The Morgan fingerprint density at radius 3 is 2.73 bits per heavy atom. The Kier molecular flexibility index (Phi) is 2.66. The van der Waals surface area contributed by atoms with Crippen LogP contribution in [0.4, 0.5) is 0 Å². The summed E-state index contributed by atoms with van der Waals surface area (Å²) < 4.78 is 7.02. The highest BCUT2D eigenvalue weighted by Crippen LogP contribution is 2.31. The Labute approximate surface area is 126 Å². The maximum atomic E-state index is 5.24. The molecule has 4 rings (SSSR count). The summed E-state index contributed by atoms with van der Waals surface area (Å²) in [7, 11) is 1.90. The number of aromatic nitrogens is 5. The van der Waals surface area contributed by atoms with Gasteiger partial charge in [0.25, 0.3) is 0 Å². The van der Waals surface area contributed by atoms with Crippen LogP contribution in [0.1, 0.15) is 11.5 Å². The van der Waals surface area contributed by atoms with E-state index in [1.165, 1.54) is 0 Å². The molecule has 0 radical (unpaired) electrons. The number of fused-ring (bicyclic) bond motifs is 1. The average Bonchev–Trinajstić information content (AvgIpc) is 3.18. The van der Waals surface area contributed by atoms with E-state index >= 15 is 0 Å². The summed E-state index contributed by atoms with van der Waals surface area (Å²) in [6.45, 7) is 3.85. The fourth-order valence-electron chi connectivity index (χ4n) is 2.82. The molecule has 0 saturated heterocycles. The topological polar surface area (TPSA) is 72.5 Å². The van der Waals surface area contributed by atoms with E-state index in [0.29, 0.717) is 0 Å². The van der Waals surface area contributed by atoms with Crippen LogP contribution >= 0.6 is 0 Å². The Morgan fingerprint density at radius 1 is 1.18 bits per heavy atom. The zero-order valence-corrected chi connectivity index (χ0v) is 12.6. The molecular weight excluding hydrogens is 278 g/mol. The lowest BCUT2D eigenvalue weighted by atomic mass is 10.1. The van der Waals surface area contributed by atoms with Gasteiger partial charge in [0.1, 0.15) is 5.76 Å². The Morgan fingerprint density at radius 2 is 2.05 bits per heavy atom. The van der Waals surface area contributed by atoms with Gasteiger partial charge in [0, 0.05) is 47.9 Å². The second-order valence-corrected chi connectivity index (χ2v) is 5.42. The molecule has 0 amide bonds. The molecule has 4 heterocycles. The third-order valence-electron chi connectivity index (χ3n) is 3.85. The quantitative estimate of drug-likeness (QED) is 0.616. The van der Waals surface area contributed by atoms with E-state index in [1.54, 1.807) is 4.68 Å². The summed E-state index contributed by atoms with van der Waals surface area (Å²) in [6, 6.07) is 2.08. The van der Waals surface area contributed by atoms with E-state index in [0.717, 1.165) is 44.7 Å². The number of nitrogens with one attached hydrogen (secondary N) is 1.